The van der Waals surface area contributed by atoms with Crippen LogP contribution in [0.4, 0.5) is 0 Å². The molecule has 122 valence electrons. The molecule has 7 heteroatoms. The molecule has 2 rings (SSSR count). The van der Waals surface area contributed by atoms with Gasteiger partial charge < -0.3 is 10.2 Å². The van der Waals surface area contributed by atoms with Gasteiger partial charge in [0.05, 0.1) is 11.5 Å². The quantitative estimate of drug-likeness (QED) is 0.283. The van der Waals surface area contributed by atoms with Crippen LogP contribution >= 0.6 is 11.3 Å². The van der Waals surface area contributed by atoms with E-state index in [0.717, 1.165) is 25.5 Å². The molecular formula is C16H19N3O3S. The van der Waals surface area contributed by atoms with Crippen LogP contribution in [0.15, 0.2) is 17.8 Å². The zero-order chi connectivity index (χ0) is 16.7. The fraction of sp³-hybridized carbons (Fsp3) is 0.438. The number of aryl methyl sites for hydroxylation is 2. The maximum atomic E-state index is 12.1. The lowest BCUT2D eigenvalue weighted by molar-refractivity contribution is -0.138. The number of carbonyl (C=O) groups excluding carboxylic acids is 2. The Bertz CT molecular complexity index is 635. The van der Waals surface area contributed by atoms with E-state index >= 15 is 0 Å². The van der Waals surface area contributed by atoms with E-state index in [1.807, 2.05) is 6.07 Å². The average molecular weight is 333 g/mol. The number of nitrogens with zero attached hydrogens (tertiary/aromatic N) is 1. The number of hydrogen-bond acceptors (Lipinski definition) is 6. The fourth-order valence-corrected chi connectivity index (χ4v) is 3.51. The molecule has 1 aromatic heterocycles. The topological polar surface area (TPSA) is 91.2 Å². The summed E-state index contributed by atoms with van der Waals surface area (Å²) in [6.45, 7) is 1.84. The molecule has 1 aliphatic rings. The second kappa shape index (κ2) is 8.34. The SMILES string of the molecule is CCOC(=O)/C(C#N)=C/NNC(=O)c1cc2c(s1)CCCCC2. The lowest BCUT2D eigenvalue weighted by Crippen LogP contribution is -2.33. The summed E-state index contributed by atoms with van der Waals surface area (Å²) in [5.41, 5.74) is 6.02. The van der Waals surface area contributed by atoms with E-state index in [9.17, 15) is 9.59 Å². The molecular weight excluding hydrogens is 314 g/mol. The summed E-state index contributed by atoms with van der Waals surface area (Å²) in [5, 5.41) is 8.87. The van der Waals surface area contributed by atoms with Gasteiger partial charge >= 0.3 is 5.97 Å². The highest BCUT2D eigenvalue weighted by atomic mass is 32.1. The molecule has 1 amide bonds. The minimum atomic E-state index is -0.723. The zero-order valence-electron chi connectivity index (χ0n) is 13.0. The van der Waals surface area contributed by atoms with E-state index < -0.39 is 5.97 Å². The fourth-order valence-electron chi connectivity index (χ4n) is 2.36. The molecule has 23 heavy (non-hydrogen) atoms. The van der Waals surface area contributed by atoms with Gasteiger partial charge in [-0.3, -0.25) is 10.2 Å². The van der Waals surface area contributed by atoms with Gasteiger partial charge in [-0.1, -0.05) is 6.42 Å². The van der Waals surface area contributed by atoms with Crippen LogP contribution < -0.4 is 10.9 Å². The molecule has 0 aliphatic heterocycles. The zero-order valence-corrected chi connectivity index (χ0v) is 13.8. The predicted octanol–water partition coefficient (Wildman–Crippen LogP) is 2.22. The predicted molar refractivity (Wildman–Crippen MR) is 86.5 cm³/mol. The van der Waals surface area contributed by atoms with Crippen LogP contribution in [0.3, 0.4) is 0 Å². The van der Waals surface area contributed by atoms with Crippen LogP contribution in [-0.2, 0) is 22.4 Å². The smallest absolute Gasteiger partial charge is 0.350 e. The molecule has 1 aromatic rings. The third-order valence-corrected chi connectivity index (χ3v) is 4.72. The molecule has 0 spiro atoms. The number of amides is 1. The van der Waals surface area contributed by atoms with Crippen molar-refractivity contribution in [3.05, 3.63) is 33.2 Å². The van der Waals surface area contributed by atoms with Crippen molar-refractivity contribution in [2.45, 2.75) is 39.0 Å². The lowest BCUT2D eigenvalue weighted by atomic mass is 10.1. The summed E-state index contributed by atoms with van der Waals surface area (Å²) >= 11 is 1.51. The van der Waals surface area contributed by atoms with E-state index in [4.69, 9.17) is 10.00 Å². The summed E-state index contributed by atoms with van der Waals surface area (Å²) in [5.74, 6) is -1.000. The standard InChI is InChI=1S/C16H19N3O3S/c1-2-22-16(21)12(9-17)10-18-19-15(20)14-8-11-6-4-3-5-7-13(11)23-14/h8,10,18H,2-7H2,1H3,(H,19,20)/b12-10+. The first kappa shape index (κ1) is 17.0. The Balaban J connectivity index is 1.95. The number of nitriles is 1. The normalized spacial score (nSPS) is 14.2. The second-order valence-corrected chi connectivity index (χ2v) is 6.25. The molecule has 0 atom stereocenters. The largest absolute Gasteiger partial charge is 0.462 e. The molecule has 0 unspecified atom stereocenters. The van der Waals surface area contributed by atoms with Crippen molar-refractivity contribution in [1.29, 1.82) is 5.26 Å². The molecule has 6 nitrogen and oxygen atoms in total. The van der Waals surface area contributed by atoms with Gasteiger partial charge in [0.15, 0.2) is 5.57 Å². The summed E-state index contributed by atoms with van der Waals surface area (Å²) < 4.78 is 4.72. The minimum Gasteiger partial charge on any atom is -0.462 e. The second-order valence-electron chi connectivity index (χ2n) is 5.11. The Kier molecular flexibility index (Phi) is 6.18. The first-order chi connectivity index (χ1) is 11.2. The van der Waals surface area contributed by atoms with E-state index in [1.165, 1.54) is 34.6 Å². The van der Waals surface area contributed by atoms with Crippen LogP contribution in [0.2, 0.25) is 0 Å². The molecule has 0 saturated carbocycles. The summed E-state index contributed by atoms with van der Waals surface area (Å²) in [6, 6.07) is 3.66. The first-order valence-corrected chi connectivity index (χ1v) is 8.42. The van der Waals surface area contributed by atoms with Crippen molar-refractivity contribution < 1.29 is 14.3 Å². The van der Waals surface area contributed by atoms with Gasteiger partial charge in [0.2, 0.25) is 0 Å². The van der Waals surface area contributed by atoms with E-state index in [0.29, 0.717) is 4.88 Å². The minimum absolute atomic E-state index is 0.185. The van der Waals surface area contributed by atoms with Gasteiger partial charge in [-0.15, -0.1) is 11.3 Å². The molecule has 0 saturated heterocycles. The van der Waals surface area contributed by atoms with Crippen molar-refractivity contribution in [1.82, 2.24) is 10.9 Å². The number of ether oxygens (including phenoxy) is 1. The van der Waals surface area contributed by atoms with Crippen LogP contribution in [0, 0.1) is 11.3 Å². The highest BCUT2D eigenvalue weighted by molar-refractivity contribution is 7.14. The molecule has 0 aromatic carbocycles. The van der Waals surface area contributed by atoms with Crippen molar-refractivity contribution in [3.8, 4) is 6.07 Å². The van der Waals surface area contributed by atoms with Gasteiger partial charge in [-0.2, -0.15) is 5.26 Å². The van der Waals surface area contributed by atoms with Crippen molar-refractivity contribution in [2.75, 3.05) is 6.61 Å². The van der Waals surface area contributed by atoms with Gasteiger partial charge in [0.1, 0.15) is 6.07 Å². The Morgan fingerprint density at radius 3 is 2.91 bits per heavy atom. The molecule has 0 radical (unpaired) electrons. The van der Waals surface area contributed by atoms with Crippen molar-refractivity contribution in [3.63, 3.8) is 0 Å². The molecule has 1 aliphatic carbocycles. The number of thiophene rings is 1. The van der Waals surface area contributed by atoms with E-state index in [-0.39, 0.29) is 18.1 Å². The maximum Gasteiger partial charge on any atom is 0.350 e. The lowest BCUT2D eigenvalue weighted by Gasteiger charge is -2.04. The van der Waals surface area contributed by atoms with Gasteiger partial charge in [0, 0.05) is 11.1 Å². The van der Waals surface area contributed by atoms with E-state index in [1.54, 1.807) is 13.0 Å². The number of hydrogen-bond donors (Lipinski definition) is 2. The Morgan fingerprint density at radius 2 is 2.17 bits per heavy atom. The number of rotatable bonds is 5. The number of fused-ring (bicyclic) bond motifs is 1. The molecule has 0 fully saturated rings. The summed E-state index contributed by atoms with van der Waals surface area (Å²) in [7, 11) is 0. The van der Waals surface area contributed by atoms with Gasteiger partial charge in [-0.05, 0) is 44.2 Å². The third-order valence-electron chi connectivity index (χ3n) is 3.49. The van der Waals surface area contributed by atoms with Crippen LogP contribution in [-0.4, -0.2) is 18.5 Å². The Hall–Kier alpha value is -2.33. The van der Waals surface area contributed by atoms with E-state index in [2.05, 4.69) is 10.9 Å². The average Bonchev–Trinajstić information content (AvgIpc) is 2.82. The van der Waals surface area contributed by atoms with Crippen LogP contribution in [0.25, 0.3) is 0 Å². The number of nitrogens with one attached hydrogen (secondary N) is 2. The van der Waals surface area contributed by atoms with Gasteiger partial charge in [0.25, 0.3) is 5.91 Å². The van der Waals surface area contributed by atoms with Crippen LogP contribution in [0.5, 0.6) is 0 Å². The third kappa shape index (κ3) is 4.57. The summed E-state index contributed by atoms with van der Waals surface area (Å²) in [6.07, 6.45) is 6.75. The Labute approximate surface area is 139 Å². The summed E-state index contributed by atoms with van der Waals surface area (Å²) in [4.78, 5) is 25.5. The van der Waals surface area contributed by atoms with Crippen molar-refractivity contribution in [2.24, 2.45) is 0 Å². The highest BCUT2D eigenvalue weighted by Crippen LogP contribution is 2.28. The highest BCUT2D eigenvalue weighted by Gasteiger charge is 2.16. The number of carbonyl (C=O) groups is 2. The Morgan fingerprint density at radius 1 is 1.39 bits per heavy atom. The number of hydrazine groups is 1. The molecule has 2 N–H and O–H groups in total. The monoisotopic (exact) mass is 333 g/mol. The molecule has 1 heterocycles. The molecule has 0 bridgehead atoms. The van der Waals surface area contributed by atoms with Crippen LogP contribution in [0.1, 0.15) is 46.3 Å². The number of esters is 1. The van der Waals surface area contributed by atoms with Crippen molar-refractivity contribution >= 4 is 23.2 Å². The maximum absolute atomic E-state index is 12.1. The van der Waals surface area contributed by atoms with Gasteiger partial charge in [-0.25, -0.2) is 4.79 Å². The first-order valence-electron chi connectivity index (χ1n) is 7.60.